The van der Waals surface area contributed by atoms with Gasteiger partial charge in [0.2, 0.25) is 0 Å². The molecule has 1 aliphatic heterocycles. The molecule has 2 aromatic rings. The Labute approximate surface area is 136 Å². The molecule has 1 heterocycles. The van der Waals surface area contributed by atoms with Crippen molar-refractivity contribution >= 4 is 16.9 Å². The highest BCUT2D eigenvalue weighted by Gasteiger charge is 2.47. The Morgan fingerprint density at radius 3 is 2.35 bits per heavy atom. The fourth-order valence-electron chi connectivity index (χ4n) is 3.07. The Kier molecular flexibility index (Phi) is 3.60. The van der Waals surface area contributed by atoms with Crippen LogP contribution in [0.4, 0.5) is 4.79 Å². The van der Waals surface area contributed by atoms with Crippen molar-refractivity contribution in [1.82, 2.24) is 4.90 Å². The molecule has 1 amide bonds. The van der Waals surface area contributed by atoms with E-state index in [1.54, 1.807) is 4.90 Å². The van der Waals surface area contributed by atoms with E-state index in [1.165, 1.54) is 5.56 Å². The summed E-state index contributed by atoms with van der Waals surface area (Å²) < 4.78 is 5.35. The number of hydrogen-bond donors (Lipinski definition) is 1. The van der Waals surface area contributed by atoms with Gasteiger partial charge in [-0.1, -0.05) is 36.4 Å². The number of fused-ring (bicyclic) bond motifs is 1. The average Bonchev–Trinajstić information content (AvgIpc) is 2.43. The van der Waals surface area contributed by atoms with Crippen molar-refractivity contribution in [2.75, 3.05) is 13.1 Å². The number of carbonyl (C=O) groups is 1. The number of nitrogens with zero attached hydrogens (tertiary/aromatic N) is 1. The summed E-state index contributed by atoms with van der Waals surface area (Å²) in [5.74, 6) is 0. The maximum absolute atomic E-state index is 12.1. The average molecular weight is 313 g/mol. The zero-order valence-corrected chi connectivity index (χ0v) is 14.1. The summed E-state index contributed by atoms with van der Waals surface area (Å²) in [5, 5.41) is 13.1. The van der Waals surface area contributed by atoms with Gasteiger partial charge >= 0.3 is 6.09 Å². The lowest BCUT2D eigenvalue weighted by Crippen LogP contribution is -2.62. The molecular weight excluding hydrogens is 290 g/mol. The number of aryl methyl sites for hydroxylation is 1. The first kappa shape index (κ1) is 15.8. The van der Waals surface area contributed by atoms with Gasteiger partial charge in [-0.15, -0.1) is 0 Å². The maximum Gasteiger partial charge on any atom is 0.410 e. The summed E-state index contributed by atoms with van der Waals surface area (Å²) in [6.07, 6.45) is -0.376. The van der Waals surface area contributed by atoms with Gasteiger partial charge in [-0.05, 0) is 49.6 Å². The zero-order valence-electron chi connectivity index (χ0n) is 14.1. The first-order valence-corrected chi connectivity index (χ1v) is 7.89. The third kappa shape index (κ3) is 2.91. The van der Waals surface area contributed by atoms with Crippen LogP contribution in [0.15, 0.2) is 36.4 Å². The van der Waals surface area contributed by atoms with Crippen LogP contribution in [0.3, 0.4) is 0 Å². The maximum atomic E-state index is 12.1. The normalized spacial score (nSPS) is 17.0. The minimum Gasteiger partial charge on any atom is -0.444 e. The number of ether oxygens (including phenoxy) is 1. The number of rotatable bonds is 1. The van der Waals surface area contributed by atoms with Gasteiger partial charge in [0.05, 0.1) is 13.1 Å². The van der Waals surface area contributed by atoms with Crippen LogP contribution in [0.2, 0.25) is 0 Å². The third-order valence-electron chi connectivity index (χ3n) is 4.20. The van der Waals surface area contributed by atoms with E-state index in [0.29, 0.717) is 0 Å². The van der Waals surface area contributed by atoms with Gasteiger partial charge < -0.3 is 14.7 Å². The number of β-amino-alcohol motifs (C(OH)–C–C–N with tert-alkyl or cyclic N) is 1. The van der Waals surface area contributed by atoms with Crippen molar-refractivity contribution in [3.63, 3.8) is 0 Å². The van der Waals surface area contributed by atoms with E-state index in [9.17, 15) is 9.90 Å². The molecule has 0 radical (unpaired) electrons. The quantitative estimate of drug-likeness (QED) is 0.875. The minimum absolute atomic E-state index is 0.259. The molecule has 1 fully saturated rings. The molecule has 1 saturated heterocycles. The lowest BCUT2D eigenvalue weighted by molar-refractivity contribution is -0.102. The van der Waals surface area contributed by atoms with Crippen LogP contribution < -0.4 is 0 Å². The SMILES string of the molecule is Cc1ccc(C2(O)CN(C(=O)OC(C)(C)C)C2)c2ccccc12. The van der Waals surface area contributed by atoms with Crippen LogP contribution in [0.25, 0.3) is 10.8 Å². The fraction of sp³-hybridized carbons (Fsp3) is 0.421. The third-order valence-corrected chi connectivity index (χ3v) is 4.20. The lowest BCUT2D eigenvalue weighted by atomic mass is 9.82. The van der Waals surface area contributed by atoms with Gasteiger partial charge in [-0.25, -0.2) is 4.79 Å². The van der Waals surface area contributed by atoms with Gasteiger partial charge in [0.25, 0.3) is 0 Å². The monoisotopic (exact) mass is 313 g/mol. The molecule has 4 nitrogen and oxygen atoms in total. The predicted molar refractivity (Wildman–Crippen MR) is 90.4 cm³/mol. The second-order valence-corrected chi connectivity index (χ2v) is 7.34. The van der Waals surface area contributed by atoms with Gasteiger partial charge in [-0.2, -0.15) is 0 Å². The second kappa shape index (κ2) is 5.24. The molecule has 0 unspecified atom stereocenters. The smallest absolute Gasteiger partial charge is 0.410 e. The Balaban J connectivity index is 1.85. The number of benzene rings is 2. The highest BCUT2D eigenvalue weighted by Crippen LogP contribution is 2.37. The predicted octanol–water partition coefficient (Wildman–Crippen LogP) is 3.59. The van der Waals surface area contributed by atoms with E-state index >= 15 is 0 Å². The molecular formula is C19H23NO3. The Bertz CT molecular complexity index is 755. The van der Waals surface area contributed by atoms with Gasteiger partial charge in [-0.3, -0.25) is 0 Å². The van der Waals surface area contributed by atoms with Gasteiger partial charge in [0.15, 0.2) is 0 Å². The first-order chi connectivity index (χ1) is 10.7. The topological polar surface area (TPSA) is 49.8 Å². The van der Waals surface area contributed by atoms with Gasteiger partial charge in [0, 0.05) is 0 Å². The molecule has 0 atom stereocenters. The van der Waals surface area contributed by atoms with E-state index in [2.05, 4.69) is 13.0 Å². The van der Waals surface area contributed by atoms with E-state index < -0.39 is 11.2 Å². The summed E-state index contributed by atoms with van der Waals surface area (Å²) in [6, 6.07) is 12.0. The number of amides is 1. The van der Waals surface area contributed by atoms with Crippen molar-refractivity contribution in [3.05, 3.63) is 47.5 Å². The van der Waals surface area contributed by atoms with E-state index in [0.717, 1.165) is 16.3 Å². The molecule has 0 spiro atoms. The summed E-state index contributed by atoms with van der Waals surface area (Å²) >= 11 is 0. The summed E-state index contributed by atoms with van der Waals surface area (Å²) in [6.45, 7) is 8.09. The molecule has 1 N–H and O–H groups in total. The first-order valence-electron chi connectivity index (χ1n) is 7.89. The van der Waals surface area contributed by atoms with Crippen LogP contribution in [-0.2, 0) is 10.3 Å². The summed E-state index contributed by atoms with van der Waals surface area (Å²) in [4.78, 5) is 13.6. The molecule has 122 valence electrons. The summed E-state index contributed by atoms with van der Waals surface area (Å²) in [5.41, 5.74) is 0.515. The van der Waals surface area contributed by atoms with Crippen LogP contribution >= 0.6 is 0 Å². The van der Waals surface area contributed by atoms with E-state index in [-0.39, 0.29) is 19.2 Å². The molecule has 0 bridgehead atoms. The van der Waals surface area contributed by atoms with Crippen LogP contribution in [0, 0.1) is 6.92 Å². The van der Waals surface area contributed by atoms with Crippen molar-refractivity contribution in [2.24, 2.45) is 0 Å². The van der Waals surface area contributed by atoms with Crippen molar-refractivity contribution in [2.45, 2.75) is 38.9 Å². The molecule has 3 rings (SSSR count). The van der Waals surface area contributed by atoms with E-state index in [4.69, 9.17) is 4.74 Å². The number of likely N-dealkylation sites (tertiary alicyclic amines) is 1. The molecule has 4 heteroatoms. The molecule has 0 saturated carbocycles. The standard InChI is InChI=1S/C19H23NO3/c1-13-9-10-16(15-8-6-5-7-14(13)15)19(22)11-20(12-19)17(21)23-18(2,3)4/h5-10,22H,11-12H2,1-4H3. The van der Waals surface area contributed by atoms with Crippen LogP contribution in [-0.4, -0.2) is 34.8 Å². The lowest BCUT2D eigenvalue weighted by Gasteiger charge is -2.47. The van der Waals surface area contributed by atoms with Crippen molar-refractivity contribution in [3.8, 4) is 0 Å². The number of hydrogen-bond acceptors (Lipinski definition) is 3. The molecule has 1 aliphatic rings. The van der Waals surface area contributed by atoms with Crippen molar-refractivity contribution < 1.29 is 14.6 Å². The highest BCUT2D eigenvalue weighted by molar-refractivity contribution is 5.89. The highest BCUT2D eigenvalue weighted by atomic mass is 16.6. The Hall–Kier alpha value is -2.07. The van der Waals surface area contributed by atoms with Gasteiger partial charge in [0.1, 0.15) is 11.2 Å². The Morgan fingerprint density at radius 2 is 1.74 bits per heavy atom. The molecule has 2 aromatic carbocycles. The van der Waals surface area contributed by atoms with E-state index in [1.807, 2.05) is 51.1 Å². The zero-order chi connectivity index (χ0) is 16.8. The molecule has 23 heavy (non-hydrogen) atoms. The minimum atomic E-state index is -1.01. The Morgan fingerprint density at radius 1 is 1.13 bits per heavy atom. The van der Waals surface area contributed by atoms with Crippen LogP contribution in [0.5, 0.6) is 0 Å². The summed E-state index contributed by atoms with van der Waals surface area (Å²) in [7, 11) is 0. The molecule has 0 aliphatic carbocycles. The largest absolute Gasteiger partial charge is 0.444 e. The second-order valence-electron chi connectivity index (χ2n) is 7.34. The van der Waals surface area contributed by atoms with Crippen LogP contribution in [0.1, 0.15) is 31.9 Å². The van der Waals surface area contributed by atoms with Crippen molar-refractivity contribution in [1.29, 1.82) is 0 Å². The fourth-order valence-corrected chi connectivity index (χ4v) is 3.07. The number of carbonyl (C=O) groups excluding carboxylic acids is 1. The number of aliphatic hydroxyl groups is 1. The molecule has 0 aromatic heterocycles.